The first-order chi connectivity index (χ1) is 13.6. The number of carbonyl (C=O) groups is 2. The van der Waals surface area contributed by atoms with Gasteiger partial charge in [-0.3, -0.25) is 4.79 Å². The highest BCUT2D eigenvalue weighted by molar-refractivity contribution is 7.89. The molecule has 1 heterocycles. The average molecular weight is 463 g/mol. The monoisotopic (exact) mass is 462 g/mol. The molecule has 0 spiro atoms. The molecule has 29 heavy (non-hydrogen) atoms. The maximum absolute atomic E-state index is 12.0. The van der Waals surface area contributed by atoms with E-state index in [1.807, 2.05) is 13.0 Å². The first-order valence-corrected chi connectivity index (χ1v) is 10.9. The molecule has 0 fully saturated rings. The minimum Gasteiger partial charge on any atom is -0.450 e. The van der Waals surface area contributed by atoms with E-state index in [0.717, 1.165) is 30.5 Å². The van der Waals surface area contributed by atoms with Gasteiger partial charge < -0.3 is 14.5 Å². The topological polar surface area (TPSA) is 129 Å². The fourth-order valence-corrected chi connectivity index (χ4v) is 3.65. The summed E-state index contributed by atoms with van der Waals surface area (Å²) in [5, 5.41) is 8.05. The zero-order valence-electron chi connectivity index (χ0n) is 15.5. The molecule has 8 nitrogen and oxygen atoms in total. The first-order valence-electron chi connectivity index (χ1n) is 8.63. The Morgan fingerprint density at radius 1 is 1.24 bits per heavy atom. The Kier molecular flexibility index (Phi) is 8.09. The smallest absolute Gasteiger partial charge is 0.374 e. The summed E-state index contributed by atoms with van der Waals surface area (Å²) in [5.41, 5.74) is 0.862. The van der Waals surface area contributed by atoms with Crippen LogP contribution in [0.25, 0.3) is 0 Å². The molecule has 0 aliphatic heterocycles. The van der Waals surface area contributed by atoms with Crippen molar-refractivity contribution in [3.8, 4) is 0 Å². The van der Waals surface area contributed by atoms with Gasteiger partial charge in [-0.25, -0.2) is 18.4 Å². The van der Waals surface area contributed by atoms with Gasteiger partial charge in [0.25, 0.3) is 15.9 Å². The maximum Gasteiger partial charge on any atom is 0.374 e. The van der Waals surface area contributed by atoms with Gasteiger partial charge in [-0.05, 0) is 36.2 Å². The number of hydrogen-bond acceptors (Lipinski definition) is 6. The molecule has 3 N–H and O–H groups in total. The van der Waals surface area contributed by atoms with Crippen LogP contribution in [0.2, 0.25) is 10.0 Å². The highest BCUT2D eigenvalue weighted by Gasteiger charge is 2.20. The molecule has 0 aliphatic rings. The highest BCUT2D eigenvalue weighted by atomic mass is 35.5. The Morgan fingerprint density at radius 3 is 2.55 bits per heavy atom. The van der Waals surface area contributed by atoms with Crippen LogP contribution in [0.3, 0.4) is 0 Å². The van der Waals surface area contributed by atoms with Crippen LogP contribution >= 0.6 is 23.2 Å². The molecule has 11 heteroatoms. The SMILES string of the molecule is CCCC(CNC(=O)COC(=O)c1ccc(S(N)(=O)=O)o1)c1ccc(Cl)cc1Cl. The number of esters is 1. The van der Waals surface area contributed by atoms with Gasteiger partial charge in [0.15, 0.2) is 6.61 Å². The van der Waals surface area contributed by atoms with Crippen LogP contribution in [0.4, 0.5) is 0 Å². The molecule has 1 aromatic carbocycles. The lowest BCUT2D eigenvalue weighted by Gasteiger charge is -2.19. The van der Waals surface area contributed by atoms with E-state index in [-0.39, 0.29) is 11.7 Å². The number of hydrogen-bond donors (Lipinski definition) is 2. The number of halogens is 2. The first kappa shape index (κ1) is 23.2. The second kappa shape index (κ2) is 10.1. The number of sulfonamides is 1. The summed E-state index contributed by atoms with van der Waals surface area (Å²) in [6.45, 7) is 1.75. The Labute approximate surface area is 178 Å². The third kappa shape index (κ3) is 6.74. The van der Waals surface area contributed by atoms with Gasteiger partial charge in [0, 0.05) is 22.5 Å². The summed E-state index contributed by atoms with van der Waals surface area (Å²) in [6, 6.07) is 7.31. The summed E-state index contributed by atoms with van der Waals surface area (Å²) in [4.78, 5) is 23.9. The van der Waals surface area contributed by atoms with Crippen molar-refractivity contribution in [1.82, 2.24) is 5.32 Å². The lowest BCUT2D eigenvalue weighted by atomic mass is 9.94. The zero-order chi connectivity index (χ0) is 21.6. The molecular formula is C18H20Cl2N2O6S. The molecular weight excluding hydrogens is 443 g/mol. The van der Waals surface area contributed by atoms with Crippen molar-refractivity contribution >= 4 is 45.1 Å². The van der Waals surface area contributed by atoms with Crippen LogP contribution in [-0.4, -0.2) is 33.4 Å². The second-order valence-electron chi connectivity index (χ2n) is 6.20. The van der Waals surface area contributed by atoms with Gasteiger partial charge in [-0.15, -0.1) is 0 Å². The number of nitrogens with two attached hydrogens (primary N) is 1. The largest absolute Gasteiger partial charge is 0.450 e. The summed E-state index contributed by atoms with van der Waals surface area (Å²) < 4.78 is 31.9. The van der Waals surface area contributed by atoms with Crippen molar-refractivity contribution in [1.29, 1.82) is 0 Å². The van der Waals surface area contributed by atoms with Gasteiger partial charge >= 0.3 is 5.97 Å². The number of amides is 1. The van der Waals surface area contributed by atoms with Crippen molar-refractivity contribution in [2.24, 2.45) is 5.14 Å². The summed E-state index contributed by atoms with van der Waals surface area (Å²) in [6.07, 6.45) is 1.66. The van der Waals surface area contributed by atoms with E-state index < -0.39 is 33.6 Å². The van der Waals surface area contributed by atoms with Crippen molar-refractivity contribution < 1.29 is 27.2 Å². The number of nitrogens with one attached hydrogen (secondary N) is 1. The van der Waals surface area contributed by atoms with Gasteiger partial charge in [0.05, 0.1) is 0 Å². The number of ether oxygens (including phenoxy) is 1. The highest BCUT2D eigenvalue weighted by Crippen LogP contribution is 2.30. The van der Waals surface area contributed by atoms with Crippen molar-refractivity contribution in [2.75, 3.05) is 13.2 Å². The quantitative estimate of drug-likeness (QED) is 0.550. The zero-order valence-corrected chi connectivity index (χ0v) is 17.8. The third-order valence-corrected chi connectivity index (χ3v) is 5.33. The number of furan rings is 1. The van der Waals surface area contributed by atoms with E-state index >= 15 is 0 Å². The van der Waals surface area contributed by atoms with Gasteiger partial charge in [-0.1, -0.05) is 42.6 Å². The van der Waals surface area contributed by atoms with Crippen LogP contribution in [0.5, 0.6) is 0 Å². The van der Waals surface area contributed by atoms with Crippen LogP contribution in [0.1, 0.15) is 41.8 Å². The van der Waals surface area contributed by atoms with Gasteiger partial charge in [-0.2, -0.15) is 0 Å². The lowest BCUT2D eigenvalue weighted by molar-refractivity contribution is -0.124. The van der Waals surface area contributed by atoms with Gasteiger partial charge in [0.1, 0.15) is 0 Å². The molecule has 0 aliphatic carbocycles. The van der Waals surface area contributed by atoms with E-state index in [2.05, 4.69) is 5.32 Å². The van der Waals surface area contributed by atoms with Crippen LogP contribution in [-0.2, 0) is 19.6 Å². The van der Waals surface area contributed by atoms with E-state index in [4.69, 9.17) is 37.5 Å². The van der Waals surface area contributed by atoms with E-state index in [1.165, 1.54) is 0 Å². The normalized spacial score (nSPS) is 12.4. The number of benzene rings is 1. The van der Waals surface area contributed by atoms with E-state index in [9.17, 15) is 18.0 Å². The molecule has 158 valence electrons. The summed E-state index contributed by atoms with van der Waals surface area (Å²) in [7, 11) is -4.08. The average Bonchev–Trinajstić information content (AvgIpc) is 3.14. The number of primary sulfonamides is 1. The van der Waals surface area contributed by atoms with Crippen LogP contribution in [0, 0.1) is 0 Å². The Hall–Kier alpha value is -2.07. The molecule has 0 saturated heterocycles. The minimum atomic E-state index is -4.08. The molecule has 2 aromatic rings. The predicted octanol–water partition coefficient (Wildman–Crippen LogP) is 3.09. The fraction of sp³-hybridized carbons (Fsp3) is 0.333. The summed E-state index contributed by atoms with van der Waals surface area (Å²) >= 11 is 12.2. The van der Waals surface area contributed by atoms with Crippen molar-refractivity contribution in [3.63, 3.8) is 0 Å². The summed E-state index contributed by atoms with van der Waals surface area (Å²) in [5.74, 6) is -1.92. The second-order valence-corrected chi connectivity index (χ2v) is 8.53. The van der Waals surface area contributed by atoms with Crippen LogP contribution in [0.15, 0.2) is 39.8 Å². The fourth-order valence-electron chi connectivity index (χ4n) is 2.62. The molecule has 2 rings (SSSR count). The number of carbonyl (C=O) groups excluding carboxylic acids is 2. The number of rotatable bonds is 9. The van der Waals surface area contributed by atoms with E-state index in [1.54, 1.807) is 12.1 Å². The van der Waals surface area contributed by atoms with Gasteiger partial charge in [0.2, 0.25) is 10.9 Å². The minimum absolute atomic E-state index is 0.0354. The standard InChI is InChI=1S/C18H20Cl2N2O6S/c1-2-3-11(13-5-4-12(19)8-14(13)20)9-22-16(23)10-27-18(24)15-6-7-17(28-15)29(21,25)26/h4-8,11H,2-3,9-10H2,1H3,(H,22,23)(H2,21,25,26). The molecule has 1 aromatic heterocycles. The van der Waals surface area contributed by atoms with E-state index in [0.29, 0.717) is 16.6 Å². The van der Waals surface area contributed by atoms with Crippen molar-refractivity contribution in [2.45, 2.75) is 30.8 Å². The van der Waals surface area contributed by atoms with Crippen LogP contribution < -0.4 is 10.5 Å². The predicted molar refractivity (Wildman–Crippen MR) is 107 cm³/mol. The third-order valence-electron chi connectivity index (χ3n) is 3.98. The lowest BCUT2D eigenvalue weighted by Crippen LogP contribution is -2.32. The molecule has 0 saturated carbocycles. The molecule has 1 amide bonds. The van der Waals surface area contributed by atoms with Crippen molar-refractivity contribution in [3.05, 3.63) is 51.7 Å². The molecule has 1 atom stereocenters. The molecule has 0 bridgehead atoms. The Bertz CT molecular complexity index is 990. The molecule has 0 radical (unpaired) electrons. The Balaban J connectivity index is 1.90. The molecule has 1 unspecified atom stereocenters. The maximum atomic E-state index is 12.0. The Morgan fingerprint density at radius 2 is 1.97 bits per heavy atom.